The van der Waals surface area contributed by atoms with Crippen molar-refractivity contribution in [3.8, 4) is 11.5 Å². The number of rotatable bonds is 6. The van der Waals surface area contributed by atoms with Crippen LogP contribution in [-0.2, 0) is 11.2 Å². The van der Waals surface area contributed by atoms with E-state index in [0.717, 1.165) is 46.6 Å². The minimum Gasteiger partial charge on any atom is -0.496 e. The fraction of sp³-hybridized carbons (Fsp3) is 0.167. The first-order valence-electron chi connectivity index (χ1n) is 12.2. The number of carboxylic acids is 1. The van der Waals surface area contributed by atoms with Crippen LogP contribution in [-0.4, -0.2) is 29.4 Å². The summed E-state index contributed by atoms with van der Waals surface area (Å²) in [5.74, 6) is 0.0986. The van der Waals surface area contributed by atoms with E-state index in [4.69, 9.17) is 19.6 Å². The summed E-state index contributed by atoms with van der Waals surface area (Å²) in [6.07, 6.45) is 3.47. The number of aromatic nitrogens is 1. The Hall–Kier alpha value is -4.43. The number of fused-ring (bicyclic) bond motifs is 3. The van der Waals surface area contributed by atoms with E-state index in [1.807, 2.05) is 42.5 Å². The van der Waals surface area contributed by atoms with Gasteiger partial charge in [0.25, 0.3) is 5.56 Å². The molecule has 0 saturated carbocycles. The lowest BCUT2D eigenvalue weighted by Gasteiger charge is -2.31. The highest BCUT2D eigenvalue weighted by atomic mass is 32.1. The standard InChI is InChI=1S/C30H24N2O5S/c1-36-24-12-5-4-11-22(24)28-23-14-13-19-8-2-3-10-21(19)27(23)31-30-32(28)29(35)25(38-30)16-18-7-6-9-20(15-18)37-17-26(33)34/h2-12,15-16,28H,13-14,17H2,1H3,(H,33,34)/b25-16+/t28-/m0/s1. The lowest BCUT2D eigenvalue weighted by Crippen LogP contribution is -2.39. The summed E-state index contributed by atoms with van der Waals surface area (Å²) in [4.78, 5) is 30.5. The van der Waals surface area contributed by atoms with Crippen molar-refractivity contribution in [1.82, 2.24) is 4.57 Å². The number of carbonyl (C=O) groups is 1. The van der Waals surface area contributed by atoms with E-state index in [-0.39, 0.29) is 11.6 Å². The van der Waals surface area contributed by atoms with Gasteiger partial charge in [-0.2, -0.15) is 0 Å². The third-order valence-electron chi connectivity index (χ3n) is 6.82. The SMILES string of the molecule is COc1ccccc1[C@H]1C2=C(N=c3s/c(=C/c4cccc(OCC(=O)O)c4)c(=O)n31)c1ccccc1CC2. The van der Waals surface area contributed by atoms with Crippen molar-refractivity contribution in [3.05, 3.63) is 120 Å². The van der Waals surface area contributed by atoms with Crippen molar-refractivity contribution in [1.29, 1.82) is 0 Å². The second kappa shape index (κ2) is 9.79. The first-order chi connectivity index (χ1) is 18.5. The molecule has 0 spiro atoms. The average molecular weight is 525 g/mol. The largest absolute Gasteiger partial charge is 0.496 e. The molecule has 0 bridgehead atoms. The van der Waals surface area contributed by atoms with Gasteiger partial charge in [0.1, 0.15) is 11.5 Å². The summed E-state index contributed by atoms with van der Waals surface area (Å²) >= 11 is 1.34. The molecule has 1 N–H and O–H groups in total. The molecule has 0 amide bonds. The number of carboxylic acid groups (broad SMARTS) is 1. The number of para-hydroxylation sites is 1. The normalized spacial score (nSPS) is 16.2. The molecular formula is C30H24N2O5S. The molecule has 0 saturated heterocycles. The maximum absolute atomic E-state index is 13.9. The number of nitrogens with zero attached hydrogens (tertiary/aromatic N) is 2. The molecule has 0 radical (unpaired) electrons. The zero-order chi connectivity index (χ0) is 26.2. The van der Waals surface area contributed by atoms with Crippen LogP contribution in [0.15, 0.2) is 88.2 Å². The van der Waals surface area contributed by atoms with Crippen molar-refractivity contribution in [2.45, 2.75) is 18.9 Å². The molecular weight excluding hydrogens is 500 g/mol. The first-order valence-corrected chi connectivity index (χ1v) is 13.1. The second-order valence-corrected chi connectivity index (χ2v) is 10.1. The van der Waals surface area contributed by atoms with Gasteiger partial charge in [-0.25, -0.2) is 9.79 Å². The van der Waals surface area contributed by atoms with Crippen LogP contribution in [0.4, 0.5) is 0 Å². The Balaban J connectivity index is 1.55. The number of hydrogen-bond donors (Lipinski definition) is 1. The zero-order valence-corrected chi connectivity index (χ0v) is 21.4. The molecule has 7 nitrogen and oxygen atoms in total. The molecule has 1 atom stereocenters. The fourth-order valence-electron chi connectivity index (χ4n) is 5.18. The third kappa shape index (κ3) is 4.22. The van der Waals surface area contributed by atoms with Gasteiger partial charge < -0.3 is 14.6 Å². The minimum atomic E-state index is -1.05. The van der Waals surface area contributed by atoms with Gasteiger partial charge in [0.15, 0.2) is 11.4 Å². The van der Waals surface area contributed by atoms with Gasteiger partial charge in [-0.3, -0.25) is 9.36 Å². The lowest BCUT2D eigenvalue weighted by molar-refractivity contribution is -0.139. The van der Waals surface area contributed by atoms with Crippen LogP contribution in [0.1, 0.15) is 34.7 Å². The number of aryl methyl sites for hydroxylation is 1. The van der Waals surface area contributed by atoms with Gasteiger partial charge in [0, 0.05) is 11.1 Å². The second-order valence-electron chi connectivity index (χ2n) is 9.11. The fourth-order valence-corrected chi connectivity index (χ4v) is 6.18. The molecule has 1 aromatic heterocycles. The number of methoxy groups -OCH3 is 1. The molecule has 2 heterocycles. The van der Waals surface area contributed by atoms with E-state index in [9.17, 15) is 9.59 Å². The smallest absolute Gasteiger partial charge is 0.341 e. The Morgan fingerprint density at radius 1 is 1.11 bits per heavy atom. The molecule has 1 aliphatic heterocycles. The van der Waals surface area contributed by atoms with E-state index >= 15 is 0 Å². The molecule has 1 aliphatic carbocycles. The number of thiazole rings is 1. The van der Waals surface area contributed by atoms with Crippen molar-refractivity contribution < 1.29 is 19.4 Å². The monoisotopic (exact) mass is 524 g/mol. The summed E-state index contributed by atoms with van der Waals surface area (Å²) < 4.78 is 13.4. The Morgan fingerprint density at radius 2 is 1.92 bits per heavy atom. The van der Waals surface area contributed by atoms with Crippen LogP contribution >= 0.6 is 11.3 Å². The van der Waals surface area contributed by atoms with E-state index in [1.165, 1.54) is 16.9 Å². The van der Waals surface area contributed by atoms with Crippen LogP contribution in [0.3, 0.4) is 0 Å². The Labute approximate surface area is 222 Å². The molecule has 4 aromatic rings. The van der Waals surface area contributed by atoms with E-state index in [2.05, 4.69) is 12.1 Å². The van der Waals surface area contributed by atoms with Gasteiger partial charge in [0.2, 0.25) is 0 Å². The number of benzene rings is 3. The molecule has 6 rings (SSSR count). The Morgan fingerprint density at radius 3 is 2.76 bits per heavy atom. The van der Waals surface area contributed by atoms with Gasteiger partial charge >= 0.3 is 5.97 Å². The molecule has 38 heavy (non-hydrogen) atoms. The maximum Gasteiger partial charge on any atom is 0.341 e. The molecule has 0 unspecified atom stereocenters. The number of hydrogen-bond acceptors (Lipinski definition) is 6. The average Bonchev–Trinajstić information content (AvgIpc) is 3.25. The summed E-state index contributed by atoms with van der Waals surface area (Å²) in [6.45, 7) is -0.433. The summed E-state index contributed by atoms with van der Waals surface area (Å²) in [6, 6.07) is 22.8. The first kappa shape index (κ1) is 23.9. The van der Waals surface area contributed by atoms with Crippen LogP contribution in [0.25, 0.3) is 11.8 Å². The predicted octanol–water partition coefficient (Wildman–Crippen LogP) is 3.79. The third-order valence-corrected chi connectivity index (χ3v) is 7.81. The molecule has 3 aromatic carbocycles. The molecule has 8 heteroatoms. The highest BCUT2D eigenvalue weighted by Crippen LogP contribution is 2.43. The predicted molar refractivity (Wildman–Crippen MR) is 145 cm³/mol. The Bertz CT molecular complexity index is 1780. The van der Waals surface area contributed by atoms with Crippen LogP contribution in [0.5, 0.6) is 11.5 Å². The molecule has 0 fully saturated rings. The van der Waals surface area contributed by atoms with E-state index in [0.29, 0.717) is 15.1 Å². The van der Waals surface area contributed by atoms with Crippen molar-refractivity contribution in [2.24, 2.45) is 4.99 Å². The van der Waals surface area contributed by atoms with Crippen molar-refractivity contribution in [2.75, 3.05) is 13.7 Å². The molecule has 190 valence electrons. The van der Waals surface area contributed by atoms with Crippen LogP contribution < -0.4 is 24.4 Å². The van der Waals surface area contributed by atoms with Gasteiger partial charge in [0.05, 0.1) is 23.4 Å². The maximum atomic E-state index is 13.9. The quantitative estimate of drug-likeness (QED) is 0.415. The van der Waals surface area contributed by atoms with Gasteiger partial charge in [-0.15, -0.1) is 0 Å². The Kier molecular flexibility index (Phi) is 6.17. The van der Waals surface area contributed by atoms with E-state index < -0.39 is 12.6 Å². The zero-order valence-electron chi connectivity index (χ0n) is 20.6. The summed E-state index contributed by atoms with van der Waals surface area (Å²) in [5.41, 5.74) is 5.93. The van der Waals surface area contributed by atoms with Crippen molar-refractivity contribution in [3.63, 3.8) is 0 Å². The van der Waals surface area contributed by atoms with Gasteiger partial charge in [-0.05, 0) is 53.8 Å². The molecule has 2 aliphatic rings. The van der Waals surface area contributed by atoms with Crippen LogP contribution in [0.2, 0.25) is 0 Å². The number of aliphatic carboxylic acids is 1. The summed E-state index contributed by atoms with van der Waals surface area (Å²) in [5, 5.41) is 8.92. The minimum absolute atomic E-state index is 0.132. The van der Waals surface area contributed by atoms with Gasteiger partial charge in [-0.1, -0.05) is 65.9 Å². The topological polar surface area (TPSA) is 90.1 Å². The van der Waals surface area contributed by atoms with Crippen LogP contribution in [0, 0.1) is 0 Å². The lowest BCUT2D eigenvalue weighted by atomic mass is 9.83. The highest BCUT2D eigenvalue weighted by molar-refractivity contribution is 7.07. The number of allylic oxidation sites excluding steroid dienone is 1. The highest BCUT2D eigenvalue weighted by Gasteiger charge is 2.33. The van der Waals surface area contributed by atoms with Crippen molar-refractivity contribution >= 4 is 29.1 Å². The summed E-state index contributed by atoms with van der Waals surface area (Å²) in [7, 11) is 1.65. The van der Waals surface area contributed by atoms with E-state index in [1.54, 1.807) is 36.0 Å². The number of ether oxygens (including phenoxy) is 2.